The van der Waals surface area contributed by atoms with Crippen molar-refractivity contribution in [3.8, 4) is 0 Å². The van der Waals surface area contributed by atoms with Crippen molar-refractivity contribution in [3.05, 3.63) is 93.5 Å². The predicted octanol–water partition coefficient (Wildman–Crippen LogP) is 2.38. The standard InChI is InChI=1S/C23H21N5O2/c1-26-20-10-6-5-9-18(20)22(25-26)23(30)27-12-11-19-17(15-27)13-21(29)28(24-19)14-16-7-3-2-4-8-16/h2-10,13H,11-12,14-15H2,1H3. The van der Waals surface area contributed by atoms with E-state index in [9.17, 15) is 9.59 Å². The van der Waals surface area contributed by atoms with E-state index in [2.05, 4.69) is 10.2 Å². The fourth-order valence-corrected chi connectivity index (χ4v) is 4.00. The molecular formula is C23H21N5O2. The summed E-state index contributed by atoms with van der Waals surface area (Å²) in [5.41, 5.74) is 3.92. The van der Waals surface area contributed by atoms with Crippen molar-refractivity contribution >= 4 is 16.8 Å². The van der Waals surface area contributed by atoms with Crippen molar-refractivity contribution in [2.75, 3.05) is 6.54 Å². The third-order valence-corrected chi connectivity index (χ3v) is 5.57. The number of rotatable bonds is 3. The van der Waals surface area contributed by atoms with Gasteiger partial charge in [-0.3, -0.25) is 14.3 Å². The van der Waals surface area contributed by atoms with E-state index in [-0.39, 0.29) is 11.5 Å². The van der Waals surface area contributed by atoms with Crippen LogP contribution in [0.1, 0.15) is 27.3 Å². The number of hydrogen-bond acceptors (Lipinski definition) is 4. The molecule has 0 saturated carbocycles. The number of benzene rings is 2. The van der Waals surface area contributed by atoms with Crippen LogP contribution < -0.4 is 5.56 Å². The summed E-state index contributed by atoms with van der Waals surface area (Å²) in [5, 5.41) is 9.86. The van der Waals surface area contributed by atoms with E-state index < -0.39 is 0 Å². The highest BCUT2D eigenvalue weighted by Crippen LogP contribution is 2.22. The van der Waals surface area contributed by atoms with Gasteiger partial charge in [0.1, 0.15) is 0 Å². The molecule has 150 valence electrons. The van der Waals surface area contributed by atoms with E-state index in [1.807, 2.05) is 61.6 Å². The number of carbonyl (C=O) groups excluding carboxylic acids is 1. The largest absolute Gasteiger partial charge is 0.332 e. The van der Waals surface area contributed by atoms with E-state index in [4.69, 9.17) is 0 Å². The molecule has 0 radical (unpaired) electrons. The molecule has 1 aliphatic heterocycles. The van der Waals surface area contributed by atoms with Crippen molar-refractivity contribution in [1.82, 2.24) is 24.5 Å². The maximum atomic E-state index is 13.2. The average molecular weight is 399 g/mol. The molecule has 0 aliphatic carbocycles. The minimum atomic E-state index is -0.157. The molecule has 0 bridgehead atoms. The van der Waals surface area contributed by atoms with Crippen LogP contribution in [0.5, 0.6) is 0 Å². The van der Waals surface area contributed by atoms with Crippen LogP contribution in [0.25, 0.3) is 10.9 Å². The van der Waals surface area contributed by atoms with Crippen LogP contribution in [0.2, 0.25) is 0 Å². The second-order valence-electron chi connectivity index (χ2n) is 7.56. The molecule has 1 amide bonds. The lowest BCUT2D eigenvalue weighted by Gasteiger charge is -2.28. The first-order chi connectivity index (χ1) is 14.6. The smallest absolute Gasteiger partial charge is 0.275 e. The highest BCUT2D eigenvalue weighted by molar-refractivity contribution is 6.04. The van der Waals surface area contributed by atoms with Crippen LogP contribution in [0.4, 0.5) is 0 Å². The zero-order chi connectivity index (χ0) is 20.7. The molecule has 5 rings (SSSR count). The van der Waals surface area contributed by atoms with Gasteiger partial charge in [-0.2, -0.15) is 10.2 Å². The Morgan fingerprint density at radius 2 is 1.80 bits per heavy atom. The zero-order valence-electron chi connectivity index (χ0n) is 16.7. The van der Waals surface area contributed by atoms with E-state index in [1.165, 1.54) is 4.68 Å². The Hall–Kier alpha value is -3.74. The summed E-state index contributed by atoms with van der Waals surface area (Å²) in [7, 11) is 1.84. The van der Waals surface area contributed by atoms with Gasteiger partial charge in [0.25, 0.3) is 11.5 Å². The van der Waals surface area contributed by atoms with Gasteiger partial charge in [0.15, 0.2) is 5.69 Å². The molecule has 0 unspecified atom stereocenters. The second kappa shape index (κ2) is 7.26. The van der Waals surface area contributed by atoms with Crippen LogP contribution in [-0.4, -0.2) is 36.9 Å². The van der Waals surface area contributed by atoms with Crippen molar-refractivity contribution in [1.29, 1.82) is 0 Å². The van der Waals surface area contributed by atoms with Gasteiger partial charge in [-0.1, -0.05) is 48.5 Å². The summed E-state index contributed by atoms with van der Waals surface area (Å²) in [6.07, 6.45) is 0.612. The van der Waals surface area contributed by atoms with E-state index in [0.29, 0.717) is 31.7 Å². The summed E-state index contributed by atoms with van der Waals surface area (Å²) in [6, 6.07) is 19.1. The molecule has 3 heterocycles. The Bertz CT molecular complexity index is 1310. The first kappa shape index (κ1) is 18.3. The molecular weight excluding hydrogens is 378 g/mol. The molecule has 0 saturated heterocycles. The minimum Gasteiger partial charge on any atom is -0.332 e. The van der Waals surface area contributed by atoms with Gasteiger partial charge in [0, 0.05) is 43.6 Å². The van der Waals surface area contributed by atoms with Gasteiger partial charge in [-0.05, 0) is 11.6 Å². The maximum Gasteiger partial charge on any atom is 0.275 e. The van der Waals surface area contributed by atoms with Gasteiger partial charge < -0.3 is 4.90 Å². The molecule has 2 aromatic heterocycles. The fraction of sp³-hybridized carbons (Fsp3) is 0.217. The lowest BCUT2D eigenvalue weighted by Crippen LogP contribution is -2.39. The predicted molar refractivity (Wildman–Crippen MR) is 113 cm³/mol. The van der Waals surface area contributed by atoms with Gasteiger partial charge in [0.05, 0.1) is 17.8 Å². The molecule has 0 atom stereocenters. The lowest BCUT2D eigenvalue weighted by molar-refractivity contribution is 0.0727. The molecule has 2 aromatic carbocycles. The number of para-hydroxylation sites is 1. The Morgan fingerprint density at radius 3 is 2.63 bits per heavy atom. The van der Waals surface area contributed by atoms with E-state index in [0.717, 1.165) is 27.7 Å². The number of carbonyl (C=O) groups is 1. The third-order valence-electron chi connectivity index (χ3n) is 5.57. The zero-order valence-corrected chi connectivity index (χ0v) is 16.7. The summed E-state index contributed by atoms with van der Waals surface area (Å²) in [5.74, 6) is -0.120. The highest BCUT2D eigenvalue weighted by atomic mass is 16.2. The Morgan fingerprint density at radius 1 is 1.03 bits per heavy atom. The summed E-state index contributed by atoms with van der Waals surface area (Å²) < 4.78 is 3.22. The third kappa shape index (κ3) is 3.18. The van der Waals surface area contributed by atoms with Gasteiger partial charge >= 0.3 is 0 Å². The Labute approximate surface area is 173 Å². The SMILES string of the molecule is Cn1nc(C(=O)N2CCc3nn(Cc4ccccc4)c(=O)cc3C2)c2ccccc21. The molecule has 1 aliphatic rings. The highest BCUT2D eigenvalue weighted by Gasteiger charge is 2.27. The van der Waals surface area contributed by atoms with Crippen molar-refractivity contribution in [2.24, 2.45) is 7.05 Å². The first-order valence-corrected chi connectivity index (χ1v) is 9.95. The minimum absolute atomic E-state index is 0.120. The van der Waals surface area contributed by atoms with Crippen LogP contribution in [0, 0.1) is 0 Å². The first-order valence-electron chi connectivity index (χ1n) is 9.95. The van der Waals surface area contributed by atoms with Gasteiger partial charge in [0.2, 0.25) is 0 Å². The summed E-state index contributed by atoms with van der Waals surface area (Å²) in [6.45, 7) is 1.36. The molecule has 7 heteroatoms. The maximum absolute atomic E-state index is 13.2. The number of aryl methyl sites for hydroxylation is 1. The Kier molecular flexibility index (Phi) is 4.43. The summed E-state index contributed by atoms with van der Waals surface area (Å²) in [4.78, 5) is 27.5. The van der Waals surface area contributed by atoms with E-state index in [1.54, 1.807) is 15.6 Å². The van der Waals surface area contributed by atoms with Crippen molar-refractivity contribution < 1.29 is 4.79 Å². The number of aromatic nitrogens is 4. The molecule has 0 N–H and O–H groups in total. The summed E-state index contributed by atoms with van der Waals surface area (Å²) >= 11 is 0. The average Bonchev–Trinajstić information content (AvgIpc) is 3.11. The van der Waals surface area contributed by atoms with Crippen LogP contribution in [0.3, 0.4) is 0 Å². The van der Waals surface area contributed by atoms with Crippen LogP contribution >= 0.6 is 0 Å². The van der Waals surface area contributed by atoms with Crippen LogP contribution in [0.15, 0.2) is 65.5 Å². The number of hydrogen-bond donors (Lipinski definition) is 0. The Balaban J connectivity index is 1.41. The molecule has 7 nitrogen and oxygen atoms in total. The number of nitrogens with zero attached hydrogens (tertiary/aromatic N) is 5. The number of fused-ring (bicyclic) bond motifs is 2. The van der Waals surface area contributed by atoms with Gasteiger partial charge in [-0.25, -0.2) is 4.68 Å². The van der Waals surface area contributed by atoms with Crippen LogP contribution in [-0.2, 0) is 26.6 Å². The van der Waals surface area contributed by atoms with Crippen molar-refractivity contribution in [3.63, 3.8) is 0 Å². The normalized spacial score (nSPS) is 13.4. The van der Waals surface area contributed by atoms with Gasteiger partial charge in [-0.15, -0.1) is 0 Å². The molecule has 4 aromatic rings. The second-order valence-corrected chi connectivity index (χ2v) is 7.56. The topological polar surface area (TPSA) is 73.0 Å². The van der Waals surface area contributed by atoms with Crippen molar-refractivity contribution in [2.45, 2.75) is 19.5 Å². The quantitative estimate of drug-likeness (QED) is 0.530. The molecule has 30 heavy (non-hydrogen) atoms. The molecule has 0 spiro atoms. The monoisotopic (exact) mass is 399 g/mol. The molecule has 0 fully saturated rings. The lowest BCUT2D eigenvalue weighted by atomic mass is 10.1. The van der Waals surface area contributed by atoms with E-state index >= 15 is 0 Å². The fourth-order valence-electron chi connectivity index (χ4n) is 4.00. The number of amides is 1.